The molecule has 0 aliphatic heterocycles. The quantitative estimate of drug-likeness (QED) is 0.643. The van der Waals surface area contributed by atoms with Gasteiger partial charge in [-0.3, -0.25) is 0 Å². The molecule has 1 N–H and O–H groups in total. The first-order chi connectivity index (χ1) is 6.40. The fraction of sp³-hybridized carbons (Fsp3) is 0.167. The summed E-state index contributed by atoms with van der Waals surface area (Å²) in [7, 11) is 0. The van der Waals surface area contributed by atoms with Gasteiger partial charge in [-0.15, -0.1) is 0 Å². The summed E-state index contributed by atoms with van der Waals surface area (Å²) in [4.78, 5) is 0. The zero-order valence-corrected chi connectivity index (χ0v) is 7.40. The molecule has 0 amide bonds. The molecule has 0 unspecified atom stereocenters. The maximum atomic E-state index is 8.88. The highest BCUT2D eigenvalue weighted by Crippen LogP contribution is 2.22. The highest BCUT2D eigenvalue weighted by atomic mass is 16.3. The Balaban J connectivity index is 2.21. The van der Waals surface area contributed by atoms with Gasteiger partial charge in [-0.2, -0.15) is 0 Å². The van der Waals surface area contributed by atoms with Crippen LogP contribution >= 0.6 is 0 Å². The van der Waals surface area contributed by atoms with Gasteiger partial charge in [-0.25, -0.2) is 0 Å². The lowest BCUT2D eigenvalue weighted by Gasteiger charge is -2.08. The molecule has 0 atom stereocenters. The first-order valence-corrected chi connectivity index (χ1v) is 4.46. The molecule has 0 radical (unpaired) electrons. The molecule has 0 heterocycles. The normalized spacial score (nSPS) is 19.9. The molecule has 13 heavy (non-hydrogen) atoms. The molecule has 0 aromatic rings. The Morgan fingerprint density at radius 2 is 1.85 bits per heavy atom. The second-order valence-corrected chi connectivity index (χ2v) is 3.17. The van der Waals surface area contributed by atoms with Gasteiger partial charge >= 0.3 is 0 Å². The van der Waals surface area contributed by atoms with Crippen LogP contribution in [0.1, 0.15) is 6.42 Å². The van der Waals surface area contributed by atoms with Crippen LogP contribution in [0.2, 0.25) is 0 Å². The molecular weight excluding hydrogens is 160 g/mol. The summed E-state index contributed by atoms with van der Waals surface area (Å²) in [6.07, 6.45) is 15.4. The van der Waals surface area contributed by atoms with Gasteiger partial charge in [0.1, 0.15) is 0 Å². The lowest BCUT2D eigenvalue weighted by molar-refractivity contribution is 0.334. The number of aliphatic hydroxyl groups is 1. The Kier molecular flexibility index (Phi) is 2.28. The van der Waals surface area contributed by atoms with Crippen molar-refractivity contribution in [3.05, 3.63) is 59.3 Å². The van der Waals surface area contributed by atoms with E-state index < -0.39 is 0 Å². The number of rotatable bonds is 1. The fourth-order valence-electron chi connectivity index (χ4n) is 1.50. The van der Waals surface area contributed by atoms with Crippen LogP contribution in [0.25, 0.3) is 0 Å². The molecule has 1 nitrogen and oxygen atoms in total. The molecule has 0 saturated heterocycles. The van der Waals surface area contributed by atoms with E-state index in [0.29, 0.717) is 0 Å². The van der Waals surface area contributed by atoms with E-state index in [2.05, 4.69) is 24.3 Å². The summed E-state index contributed by atoms with van der Waals surface area (Å²) >= 11 is 0. The van der Waals surface area contributed by atoms with Crippen molar-refractivity contribution in [3.8, 4) is 0 Å². The number of hydrogen-bond acceptors (Lipinski definition) is 1. The van der Waals surface area contributed by atoms with E-state index in [1.807, 2.05) is 18.2 Å². The van der Waals surface area contributed by atoms with Crippen LogP contribution in [0.5, 0.6) is 0 Å². The van der Waals surface area contributed by atoms with Crippen molar-refractivity contribution in [3.63, 3.8) is 0 Å². The second-order valence-electron chi connectivity index (χ2n) is 3.17. The summed E-state index contributed by atoms with van der Waals surface area (Å²) in [5.41, 5.74) is 3.61. The van der Waals surface area contributed by atoms with Crippen LogP contribution < -0.4 is 0 Å². The first-order valence-electron chi connectivity index (χ1n) is 4.46. The van der Waals surface area contributed by atoms with Crippen molar-refractivity contribution in [2.24, 2.45) is 0 Å². The summed E-state index contributed by atoms with van der Waals surface area (Å²) in [6.45, 7) is 0.144. The number of hydrogen-bond donors (Lipinski definition) is 1. The summed E-state index contributed by atoms with van der Waals surface area (Å²) in [5.74, 6) is 0. The maximum absolute atomic E-state index is 8.88. The van der Waals surface area contributed by atoms with Crippen molar-refractivity contribution in [1.82, 2.24) is 0 Å². The fourth-order valence-corrected chi connectivity index (χ4v) is 1.50. The molecule has 0 spiro atoms. The Morgan fingerprint density at radius 1 is 1.08 bits per heavy atom. The van der Waals surface area contributed by atoms with Gasteiger partial charge in [0.25, 0.3) is 0 Å². The molecule has 1 heteroatoms. The van der Waals surface area contributed by atoms with Crippen molar-refractivity contribution in [2.75, 3.05) is 6.61 Å². The van der Waals surface area contributed by atoms with Gasteiger partial charge in [0, 0.05) is 0 Å². The smallest absolute Gasteiger partial charge is 0.0678 e. The highest BCUT2D eigenvalue weighted by Gasteiger charge is 2.04. The molecular formula is C12H12O. The number of allylic oxidation sites excluding steroid dienone is 8. The van der Waals surface area contributed by atoms with E-state index in [0.717, 1.165) is 12.0 Å². The molecule has 0 aromatic heterocycles. The third kappa shape index (κ3) is 1.70. The van der Waals surface area contributed by atoms with Crippen LogP contribution in [0, 0.1) is 0 Å². The topological polar surface area (TPSA) is 20.2 Å². The van der Waals surface area contributed by atoms with Crippen LogP contribution in [0.3, 0.4) is 0 Å². The predicted molar refractivity (Wildman–Crippen MR) is 54.2 cm³/mol. The lowest BCUT2D eigenvalue weighted by Crippen LogP contribution is -1.93. The minimum Gasteiger partial charge on any atom is -0.392 e. The zero-order valence-electron chi connectivity index (χ0n) is 7.40. The second kappa shape index (κ2) is 3.58. The SMILES string of the molecule is OCC1=CCC(=C2C=CC=C2)C=C1. The van der Waals surface area contributed by atoms with Crippen molar-refractivity contribution in [1.29, 1.82) is 0 Å². The first kappa shape index (κ1) is 8.27. The van der Waals surface area contributed by atoms with Crippen molar-refractivity contribution in [2.45, 2.75) is 6.42 Å². The van der Waals surface area contributed by atoms with Gasteiger partial charge in [0.2, 0.25) is 0 Å². The van der Waals surface area contributed by atoms with Crippen LogP contribution in [0.4, 0.5) is 0 Å². The molecule has 2 aliphatic carbocycles. The third-order valence-electron chi connectivity index (χ3n) is 2.30. The number of aliphatic hydroxyl groups excluding tert-OH is 1. The van der Waals surface area contributed by atoms with Crippen molar-refractivity contribution < 1.29 is 5.11 Å². The Morgan fingerprint density at radius 3 is 2.38 bits per heavy atom. The van der Waals surface area contributed by atoms with E-state index in [1.54, 1.807) is 0 Å². The Labute approximate surface area is 78.1 Å². The van der Waals surface area contributed by atoms with E-state index >= 15 is 0 Å². The Bertz CT molecular complexity index is 337. The van der Waals surface area contributed by atoms with E-state index in [4.69, 9.17) is 5.11 Å². The van der Waals surface area contributed by atoms with Gasteiger partial charge in [-0.1, -0.05) is 42.5 Å². The molecule has 0 bridgehead atoms. The molecule has 0 saturated carbocycles. The van der Waals surface area contributed by atoms with Crippen molar-refractivity contribution >= 4 is 0 Å². The Hall–Kier alpha value is -1.34. The standard InChI is InChI=1S/C12H12O/c13-9-10-5-7-12(8-6-10)11-3-1-2-4-11/h1-7,13H,8-9H2. The minimum atomic E-state index is 0.144. The average Bonchev–Trinajstić information content (AvgIpc) is 2.71. The van der Waals surface area contributed by atoms with Crippen LogP contribution in [-0.2, 0) is 0 Å². The summed E-state index contributed by atoms with van der Waals surface area (Å²) in [5, 5.41) is 8.88. The molecule has 0 fully saturated rings. The van der Waals surface area contributed by atoms with Crippen LogP contribution in [0.15, 0.2) is 59.3 Å². The largest absolute Gasteiger partial charge is 0.392 e. The van der Waals surface area contributed by atoms with E-state index in [9.17, 15) is 0 Å². The van der Waals surface area contributed by atoms with Gasteiger partial charge < -0.3 is 5.11 Å². The summed E-state index contributed by atoms with van der Waals surface area (Å²) in [6, 6.07) is 0. The lowest BCUT2D eigenvalue weighted by atomic mass is 9.98. The minimum absolute atomic E-state index is 0.144. The summed E-state index contributed by atoms with van der Waals surface area (Å²) < 4.78 is 0. The van der Waals surface area contributed by atoms with E-state index in [-0.39, 0.29) is 6.61 Å². The van der Waals surface area contributed by atoms with E-state index in [1.165, 1.54) is 11.1 Å². The molecule has 2 rings (SSSR count). The van der Waals surface area contributed by atoms with Gasteiger partial charge in [-0.05, 0) is 23.1 Å². The van der Waals surface area contributed by atoms with Gasteiger partial charge in [0.05, 0.1) is 6.61 Å². The maximum Gasteiger partial charge on any atom is 0.0678 e. The average molecular weight is 172 g/mol. The monoisotopic (exact) mass is 172 g/mol. The zero-order chi connectivity index (χ0) is 9.10. The third-order valence-corrected chi connectivity index (χ3v) is 2.30. The highest BCUT2D eigenvalue weighted by molar-refractivity contribution is 5.50. The van der Waals surface area contributed by atoms with Crippen LogP contribution in [-0.4, -0.2) is 11.7 Å². The van der Waals surface area contributed by atoms with Gasteiger partial charge in [0.15, 0.2) is 0 Å². The molecule has 2 aliphatic rings. The molecule has 0 aromatic carbocycles. The predicted octanol–water partition coefficient (Wildman–Crippen LogP) is 2.29. The molecule has 66 valence electrons.